The van der Waals surface area contributed by atoms with Crippen LogP contribution >= 0.6 is 11.8 Å². The van der Waals surface area contributed by atoms with Crippen molar-refractivity contribution in [1.29, 1.82) is 0 Å². The minimum atomic E-state index is 0.0194. The number of nitrogens with zero attached hydrogens (tertiary/aromatic N) is 3. The van der Waals surface area contributed by atoms with Crippen molar-refractivity contribution in [3.05, 3.63) is 16.6 Å². The van der Waals surface area contributed by atoms with Crippen molar-refractivity contribution >= 4 is 22.8 Å². The monoisotopic (exact) mass is 208 g/mol. The summed E-state index contributed by atoms with van der Waals surface area (Å²) in [5, 5.41) is 7.93. The number of thioether (sulfide) groups is 1. The first-order chi connectivity index (χ1) is 6.86. The Balaban J connectivity index is 2.42. The average molecular weight is 208 g/mol. The smallest absolute Gasteiger partial charge is 0.265 e. The van der Waals surface area contributed by atoms with Crippen LogP contribution in [0.3, 0.4) is 0 Å². The van der Waals surface area contributed by atoms with E-state index in [4.69, 9.17) is 0 Å². The van der Waals surface area contributed by atoms with Crippen molar-refractivity contribution in [1.82, 2.24) is 19.7 Å². The fourth-order valence-electron chi connectivity index (χ4n) is 1.60. The van der Waals surface area contributed by atoms with Crippen molar-refractivity contribution in [3.8, 4) is 0 Å². The van der Waals surface area contributed by atoms with Gasteiger partial charge in [-0.3, -0.25) is 14.5 Å². The molecule has 14 heavy (non-hydrogen) atoms. The summed E-state index contributed by atoms with van der Waals surface area (Å²) in [6.45, 7) is 0.773. The van der Waals surface area contributed by atoms with Gasteiger partial charge in [-0.05, 0) is 6.42 Å². The number of H-pyrrole nitrogens is 1. The highest BCUT2D eigenvalue weighted by Crippen LogP contribution is 2.21. The maximum Gasteiger partial charge on any atom is 0.265 e. The largest absolute Gasteiger partial charge is 0.287 e. The summed E-state index contributed by atoms with van der Waals surface area (Å²) in [7, 11) is 0. The van der Waals surface area contributed by atoms with Gasteiger partial charge in [0.1, 0.15) is 5.39 Å². The van der Waals surface area contributed by atoms with Gasteiger partial charge < -0.3 is 0 Å². The summed E-state index contributed by atoms with van der Waals surface area (Å²) < 4.78 is 1.73. The normalized spacial score (nSPS) is 15.7. The lowest BCUT2D eigenvalue weighted by molar-refractivity contribution is 0.571. The minimum absolute atomic E-state index is 0.0194. The van der Waals surface area contributed by atoms with Gasteiger partial charge in [0.15, 0.2) is 10.8 Å². The lowest BCUT2D eigenvalue weighted by Gasteiger charge is -2.15. The van der Waals surface area contributed by atoms with Crippen LogP contribution in [0.15, 0.2) is 16.1 Å². The van der Waals surface area contributed by atoms with Gasteiger partial charge in [0, 0.05) is 12.3 Å². The topological polar surface area (TPSA) is 63.6 Å². The molecule has 1 N–H and O–H groups in total. The molecular formula is C8H8N4OS. The molecule has 0 radical (unpaired) electrons. The van der Waals surface area contributed by atoms with E-state index in [1.54, 1.807) is 16.3 Å². The van der Waals surface area contributed by atoms with Crippen LogP contribution in [0.2, 0.25) is 0 Å². The van der Waals surface area contributed by atoms with Crippen LogP contribution in [0.4, 0.5) is 0 Å². The molecule has 3 heterocycles. The molecule has 0 fully saturated rings. The summed E-state index contributed by atoms with van der Waals surface area (Å²) in [5.74, 6) is 1.03. The van der Waals surface area contributed by atoms with Crippen molar-refractivity contribution in [2.24, 2.45) is 0 Å². The highest BCUT2D eigenvalue weighted by Gasteiger charge is 2.15. The van der Waals surface area contributed by atoms with Crippen LogP contribution < -0.4 is 5.56 Å². The third kappa shape index (κ3) is 1.00. The van der Waals surface area contributed by atoms with Gasteiger partial charge in [-0.25, -0.2) is 4.98 Å². The van der Waals surface area contributed by atoms with Crippen molar-refractivity contribution < 1.29 is 0 Å². The molecule has 0 amide bonds. The van der Waals surface area contributed by atoms with Gasteiger partial charge in [-0.15, -0.1) is 0 Å². The quantitative estimate of drug-likeness (QED) is 0.644. The predicted octanol–water partition coefficient (Wildman–Crippen LogP) is 0.615. The number of nitrogens with one attached hydrogen (secondary N) is 1. The third-order valence-corrected chi connectivity index (χ3v) is 3.35. The van der Waals surface area contributed by atoms with E-state index in [2.05, 4.69) is 15.2 Å². The molecule has 0 aliphatic carbocycles. The molecule has 0 spiro atoms. The Morgan fingerprint density at radius 2 is 2.50 bits per heavy atom. The summed E-state index contributed by atoms with van der Waals surface area (Å²) in [4.78, 5) is 16.2. The van der Waals surface area contributed by atoms with Crippen molar-refractivity contribution in [2.45, 2.75) is 18.1 Å². The Morgan fingerprint density at radius 1 is 1.57 bits per heavy atom. The first kappa shape index (κ1) is 8.05. The molecule has 0 saturated carbocycles. The predicted molar refractivity (Wildman–Crippen MR) is 53.5 cm³/mol. The molecule has 0 aromatic carbocycles. The maximum atomic E-state index is 11.9. The summed E-state index contributed by atoms with van der Waals surface area (Å²) in [6, 6.07) is 0. The molecule has 0 bridgehead atoms. The van der Waals surface area contributed by atoms with E-state index in [1.807, 2.05) is 0 Å². The molecule has 0 atom stereocenters. The third-order valence-electron chi connectivity index (χ3n) is 2.29. The van der Waals surface area contributed by atoms with Crippen LogP contribution in [-0.2, 0) is 6.54 Å². The van der Waals surface area contributed by atoms with Crippen LogP contribution in [-0.4, -0.2) is 25.5 Å². The van der Waals surface area contributed by atoms with E-state index in [1.165, 1.54) is 6.20 Å². The van der Waals surface area contributed by atoms with Crippen molar-refractivity contribution in [3.63, 3.8) is 0 Å². The molecule has 6 heteroatoms. The Labute approximate surface area is 83.5 Å². The Bertz CT molecular complexity index is 544. The van der Waals surface area contributed by atoms with Gasteiger partial charge in [0.2, 0.25) is 0 Å². The summed E-state index contributed by atoms with van der Waals surface area (Å²) in [6.07, 6.45) is 2.57. The average Bonchev–Trinajstić information content (AvgIpc) is 2.66. The van der Waals surface area contributed by atoms with Crippen molar-refractivity contribution in [2.75, 3.05) is 5.75 Å². The number of aromatic amines is 1. The van der Waals surface area contributed by atoms with E-state index in [0.717, 1.165) is 23.9 Å². The van der Waals surface area contributed by atoms with Crippen LogP contribution in [0, 0.1) is 0 Å². The van der Waals surface area contributed by atoms with E-state index < -0.39 is 0 Å². The van der Waals surface area contributed by atoms with Crippen LogP contribution in [0.5, 0.6) is 0 Å². The molecule has 72 valence electrons. The number of hydrogen-bond donors (Lipinski definition) is 1. The Kier molecular flexibility index (Phi) is 1.63. The molecule has 3 rings (SSSR count). The number of hydrogen-bond acceptors (Lipinski definition) is 4. The first-order valence-corrected chi connectivity index (χ1v) is 5.41. The molecule has 0 saturated heterocycles. The van der Waals surface area contributed by atoms with Gasteiger partial charge in [-0.2, -0.15) is 5.10 Å². The molecular weight excluding hydrogens is 200 g/mol. The van der Waals surface area contributed by atoms with Gasteiger partial charge >= 0.3 is 0 Å². The lowest BCUT2D eigenvalue weighted by atomic mass is 10.4. The molecule has 2 aromatic rings. The highest BCUT2D eigenvalue weighted by molar-refractivity contribution is 7.99. The first-order valence-electron chi connectivity index (χ1n) is 4.43. The standard InChI is InChI=1S/C8H8N4OS/c13-7-5-4-9-11-6(5)10-8-12(7)2-1-3-14-8/h4H,1-3H2,(H,9,11). The Morgan fingerprint density at radius 3 is 3.43 bits per heavy atom. The van der Waals surface area contributed by atoms with Crippen LogP contribution in [0.25, 0.3) is 11.0 Å². The number of fused-ring (bicyclic) bond motifs is 2. The summed E-state index contributed by atoms with van der Waals surface area (Å²) in [5.41, 5.74) is 0.613. The van der Waals surface area contributed by atoms with Gasteiger partial charge in [0.05, 0.1) is 6.20 Å². The summed E-state index contributed by atoms with van der Waals surface area (Å²) >= 11 is 1.63. The maximum absolute atomic E-state index is 11.9. The molecule has 5 nitrogen and oxygen atoms in total. The lowest BCUT2D eigenvalue weighted by Crippen LogP contribution is -2.25. The SMILES string of the molecule is O=c1c2cn[nH]c2nc2n1CCCS2. The zero-order valence-corrected chi connectivity index (χ0v) is 8.17. The van der Waals surface area contributed by atoms with Gasteiger partial charge in [-0.1, -0.05) is 11.8 Å². The second-order valence-corrected chi connectivity index (χ2v) is 4.25. The molecule has 1 aliphatic rings. The zero-order valence-electron chi connectivity index (χ0n) is 7.36. The highest BCUT2D eigenvalue weighted by atomic mass is 32.2. The molecule has 1 aliphatic heterocycles. The van der Waals surface area contributed by atoms with Gasteiger partial charge in [0.25, 0.3) is 5.56 Å². The molecule has 0 unspecified atom stereocenters. The fraction of sp³-hybridized carbons (Fsp3) is 0.375. The molecule has 2 aromatic heterocycles. The number of aromatic nitrogens is 4. The fourth-order valence-corrected chi connectivity index (χ4v) is 2.54. The Hall–Kier alpha value is -1.30. The van der Waals surface area contributed by atoms with Crippen LogP contribution in [0.1, 0.15) is 6.42 Å². The minimum Gasteiger partial charge on any atom is -0.287 e. The van der Waals surface area contributed by atoms with E-state index in [0.29, 0.717) is 11.0 Å². The van der Waals surface area contributed by atoms with E-state index >= 15 is 0 Å². The zero-order chi connectivity index (χ0) is 9.54. The van der Waals surface area contributed by atoms with E-state index in [-0.39, 0.29) is 5.56 Å². The van der Waals surface area contributed by atoms with E-state index in [9.17, 15) is 4.79 Å². The number of rotatable bonds is 0. The second kappa shape index (κ2) is 2.84. The second-order valence-electron chi connectivity index (χ2n) is 3.19.